The molecule has 0 amide bonds. The molecular formula is C37H52O11Si. The lowest BCUT2D eigenvalue weighted by atomic mass is 9.44. The van der Waals surface area contributed by atoms with Gasteiger partial charge in [0, 0.05) is 32.1 Å². The van der Waals surface area contributed by atoms with E-state index in [1.54, 1.807) is 58.0 Å². The molecule has 3 aliphatic carbocycles. The number of aliphatic hydroxyl groups is 2. The van der Waals surface area contributed by atoms with Crippen LogP contribution in [0.5, 0.6) is 0 Å². The molecule has 12 heteroatoms. The van der Waals surface area contributed by atoms with Crippen LogP contribution in [0.1, 0.15) is 85.5 Å². The summed E-state index contributed by atoms with van der Waals surface area (Å²) in [5.74, 6) is -3.81. The molecule has 1 aliphatic heterocycles. The van der Waals surface area contributed by atoms with E-state index in [0.717, 1.165) is 0 Å². The molecule has 11 nitrogen and oxygen atoms in total. The number of Topliss-reactive ketones (excluding diaryl/α,β-unsaturated/α-hetero) is 1. The Morgan fingerprint density at radius 3 is 2.10 bits per heavy atom. The Labute approximate surface area is 289 Å². The third-order valence-electron chi connectivity index (χ3n) is 12.5. The molecule has 1 heterocycles. The number of fused-ring (bicyclic) bond motifs is 5. The highest BCUT2D eigenvalue weighted by atomic mass is 28.4. The van der Waals surface area contributed by atoms with Crippen LogP contribution in [-0.4, -0.2) is 90.6 Å². The Morgan fingerprint density at radius 1 is 0.980 bits per heavy atom. The normalized spacial score (nSPS) is 36.7. The number of ketones is 1. The zero-order chi connectivity index (χ0) is 36.3. The lowest BCUT2D eigenvalue weighted by Gasteiger charge is -2.68. The summed E-state index contributed by atoms with van der Waals surface area (Å²) in [4.78, 5) is 55.5. The van der Waals surface area contributed by atoms with E-state index in [-0.39, 0.29) is 25.0 Å². The van der Waals surface area contributed by atoms with E-state index in [4.69, 9.17) is 23.4 Å². The van der Waals surface area contributed by atoms with E-state index >= 15 is 4.79 Å². The molecular weight excluding hydrogens is 648 g/mol. The fraction of sp³-hybridized carbons (Fsp3) is 0.676. The van der Waals surface area contributed by atoms with Crippen molar-refractivity contribution in [3.63, 3.8) is 0 Å². The van der Waals surface area contributed by atoms with Gasteiger partial charge in [-0.2, -0.15) is 0 Å². The van der Waals surface area contributed by atoms with Gasteiger partial charge in [-0.3, -0.25) is 14.4 Å². The number of ether oxygens (including phenoxy) is 4. The van der Waals surface area contributed by atoms with Crippen LogP contribution in [0, 0.1) is 16.7 Å². The van der Waals surface area contributed by atoms with E-state index in [9.17, 15) is 24.6 Å². The average molecular weight is 701 g/mol. The zero-order valence-corrected chi connectivity index (χ0v) is 31.2. The van der Waals surface area contributed by atoms with Gasteiger partial charge in [0.25, 0.3) is 0 Å². The number of esters is 3. The van der Waals surface area contributed by atoms with Crippen molar-refractivity contribution in [3.8, 4) is 0 Å². The molecule has 9 atom stereocenters. The molecule has 3 fully saturated rings. The number of carbonyl (C=O) groups is 4. The summed E-state index contributed by atoms with van der Waals surface area (Å²) in [5.41, 5.74) is -5.54. The summed E-state index contributed by atoms with van der Waals surface area (Å²) in [6.07, 6.45) is -6.25. The highest BCUT2D eigenvalue weighted by Gasteiger charge is 2.78. The number of rotatable bonds is 9. The van der Waals surface area contributed by atoms with Crippen LogP contribution < -0.4 is 0 Å². The second kappa shape index (κ2) is 13.0. The van der Waals surface area contributed by atoms with E-state index in [1.807, 2.05) is 20.8 Å². The Kier molecular flexibility index (Phi) is 9.92. The maximum Gasteiger partial charge on any atom is 0.338 e. The Balaban J connectivity index is 1.88. The predicted molar refractivity (Wildman–Crippen MR) is 181 cm³/mol. The number of benzene rings is 1. The molecule has 1 saturated heterocycles. The fourth-order valence-corrected chi connectivity index (χ4v) is 12.1. The molecule has 2 bridgehead atoms. The van der Waals surface area contributed by atoms with Gasteiger partial charge in [0.15, 0.2) is 19.7 Å². The summed E-state index contributed by atoms with van der Waals surface area (Å²) in [5, 5.41) is 25.1. The molecule has 0 aromatic heterocycles. The molecule has 0 radical (unpaired) electrons. The Bertz CT molecular complexity index is 1510. The summed E-state index contributed by atoms with van der Waals surface area (Å²) >= 11 is 0. The molecule has 49 heavy (non-hydrogen) atoms. The van der Waals surface area contributed by atoms with E-state index in [0.29, 0.717) is 29.3 Å². The third kappa shape index (κ3) is 5.62. The monoisotopic (exact) mass is 700 g/mol. The highest BCUT2D eigenvalue weighted by molar-refractivity contribution is 6.73. The van der Waals surface area contributed by atoms with E-state index < -0.39 is 90.5 Å². The van der Waals surface area contributed by atoms with Crippen molar-refractivity contribution in [2.45, 2.75) is 135 Å². The maximum absolute atomic E-state index is 15.8. The fourth-order valence-electron chi connectivity index (χ4n) is 9.34. The van der Waals surface area contributed by atoms with Crippen LogP contribution in [0.3, 0.4) is 0 Å². The molecule has 1 aromatic carbocycles. The third-order valence-corrected chi connectivity index (χ3v) is 17.1. The SMILES string of the molecule is CC[Si](CC)(CC)O[C@H]1C(=O)[C@@]2(C)C([C@H](OC(=O)c3ccccc3)[C@]3(O)C[C@H](O)C(C)=C1C3(C)C)[C@]1(OC(C)=O)CO[C@@H]1C[C@@H]2OC(C)=O. The van der Waals surface area contributed by atoms with Gasteiger partial charge in [0.05, 0.1) is 29.6 Å². The summed E-state index contributed by atoms with van der Waals surface area (Å²) < 4.78 is 31.7. The van der Waals surface area contributed by atoms with Crippen molar-refractivity contribution in [2.75, 3.05) is 6.61 Å². The second-order valence-corrected chi connectivity index (χ2v) is 19.8. The molecule has 2 saturated carbocycles. The number of hydrogen-bond donors (Lipinski definition) is 2. The first kappa shape index (κ1) is 37.4. The van der Waals surface area contributed by atoms with Crippen LogP contribution in [0.15, 0.2) is 41.5 Å². The topological polar surface area (TPSA) is 155 Å². The molecule has 0 spiro atoms. The lowest BCUT2D eigenvalue weighted by molar-refractivity contribution is -0.346. The number of aliphatic hydroxyl groups excluding tert-OH is 1. The van der Waals surface area contributed by atoms with Crippen LogP contribution in [0.4, 0.5) is 0 Å². The van der Waals surface area contributed by atoms with Crippen molar-refractivity contribution in [3.05, 3.63) is 47.0 Å². The number of hydrogen-bond acceptors (Lipinski definition) is 11. The smallest absolute Gasteiger partial charge is 0.338 e. The first-order valence-corrected chi connectivity index (χ1v) is 20.0. The van der Waals surface area contributed by atoms with Crippen LogP contribution in [-0.2, 0) is 37.8 Å². The van der Waals surface area contributed by atoms with Crippen molar-refractivity contribution in [1.82, 2.24) is 0 Å². The predicted octanol–water partition coefficient (Wildman–Crippen LogP) is 4.68. The first-order chi connectivity index (χ1) is 22.9. The van der Waals surface area contributed by atoms with Gasteiger partial charge in [-0.15, -0.1) is 0 Å². The lowest BCUT2D eigenvalue weighted by Crippen LogP contribution is -2.82. The minimum absolute atomic E-state index is 0.0120. The van der Waals surface area contributed by atoms with Crippen molar-refractivity contribution >= 4 is 32.0 Å². The summed E-state index contributed by atoms with van der Waals surface area (Å²) in [6, 6.07) is 10.4. The average Bonchev–Trinajstić information content (AvgIpc) is 3.04. The Hall–Kier alpha value is -2.90. The zero-order valence-electron chi connectivity index (χ0n) is 30.2. The molecule has 1 aromatic rings. The van der Waals surface area contributed by atoms with Crippen molar-refractivity contribution in [2.24, 2.45) is 16.7 Å². The quantitative estimate of drug-likeness (QED) is 0.160. The van der Waals surface area contributed by atoms with Gasteiger partial charge in [-0.25, -0.2) is 4.79 Å². The van der Waals surface area contributed by atoms with Gasteiger partial charge in [0.2, 0.25) is 0 Å². The standard InChI is InChI=1S/C37H52O11Si/c1-10-49(11-2,12-3)48-29-28-21(4)25(40)19-37(43,34(28,7)8)32(46-33(42)24-16-14-13-15-17-24)30-35(9,31(29)41)26(45-22(5)38)18-27-36(30,20-44-27)47-23(6)39/h13-17,25-27,29-30,32,40,43H,10-12,18-20H2,1-9H3/t25-,26-,27+,29+,30?,32-,35+,36-,37+/m0/s1. The highest BCUT2D eigenvalue weighted by Crippen LogP contribution is 2.65. The van der Waals surface area contributed by atoms with Gasteiger partial charge in [-0.1, -0.05) is 52.8 Å². The van der Waals surface area contributed by atoms with Crippen LogP contribution >= 0.6 is 0 Å². The second-order valence-electron chi connectivity index (χ2n) is 15.1. The number of carbonyl (C=O) groups excluding carboxylic acids is 4. The van der Waals surface area contributed by atoms with Gasteiger partial charge < -0.3 is 33.6 Å². The largest absolute Gasteiger partial charge is 0.461 e. The van der Waals surface area contributed by atoms with Gasteiger partial charge >= 0.3 is 17.9 Å². The maximum atomic E-state index is 15.8. The molecule has 1 unspecified atom stereocenters. The van der Waals surface area contributed by atoms with E-state index in [1.165, 1.54) is 13.8 Å². The van der Waals surface area contributed by atoms with Gasteiger partial charge in [-0.05, 0) is 55.3 Å². The summed E-state index contributed by atoms with van der Waals surface area (Å²) in [7, 11) is -2.59. The van der Waals surface area contributed by atoms with E-state index in [2.05, 4.69) is 0 Å². The summed E-state index contributed by atoms with van der Waals surface area (Å²) in [6.45, 7) is 15.4. The minimum Gasteiger partial charge on any atom is -0.461 e. The Morgan fingerprint density at radius 2 is 1.59 bits per heavy atom. The molecule has 4 aliphatic rings. The molecule has 270 valence electrons. The van der Waals surface area contributed by atoms with Crippen molar-refractivity contribution in [1.29, 1.82) is 0 Å². The molecule has 5 rings (SSSR count). The van der Waals surface area contributed by atoms with Crippen LogP contribution in [0.2, 0.25) is 18.1 Å². The first-order valence-electron chi connectivity index (χ1n) is 17.5. The molecule has 2 N–H and O–H groups in total. The minimum atomic E-state index is -2.59. The van der Waals surface area contributed by atoms with Crippen molar-refractivity contribution < 1.29 is 52.8 Å². The van der Waals surface area contributed by atoms with Gasteiger partial charge in [0.1, 0.15) is 30.0 Å². The van der Waals surface area contributed by atoms with Crippen LogP contribution in [0.25, 0.3) is 0 Å².